The van der Waals surface area contributed by atoms with Gasteiger partial charge in [0.1, 0.15) is 18.4 Å². The molecule has 0 aromatic heterocycles. The van der Waals surface area contributed by atoms with Crippen LogP contribution < -0.4 is 4.74 Å². The highest BCUT2D eigenvalue weighted by atomic mass is 19.4. The van der Waals surface area contributed by atoms with E-state index in [1.807, 2.05) is 6.07 Å². The standard InChI is InChI=1S/C17H12F3NO3/c18-17(19,20)14-7-3-1-6-13(14)10-24-16(22)11-23-15-8-4-2-5-12(15)9-21/h1-8H,10-11H2. The van der Waals surface area contributed by atoms with Crippen LogP contribution in [-0.4, -0.2) is 12.6 Å². The number of carbonyl (C=O) groups excluding carboxylic acids is 1. The lowest BCUT2D eigenvalue weighted by Crippen LogP contribution is -2.17. The van der Waals surface area contributed by atoms with Crippen LogP contribution in [0.15, 0.2) is 48.5 Å². The second-order valence-corrected chi connectivity index (χ2v) is 4.71. The lowest BCUT2D eigenvalue weighted by molar-refractivity contribution is -0.149. The Balaban J connectivity index is 1.94. The van der Waals surface area contributed by atoms with Gasteiger partial charge in [-0.15, -0.1) is 0 Å². The summed E-state index contributed by atoms with van der Waals surface area (Å²) in [6.45, 7) is -1.02. The number of nitriles is 1. The molecule has 0 N–H and O–H groups in total. The molecule has 0 aliphatic rings. The Morgan fingerprint density at radius 3 is 2.46 bits per heavy atom. The molecule has 4 nitrogen and oxygen atoms in total. The average molecular weight is 335 g/mol. The van der Waals surface area contributed by atoms with Crippen LogP contribution >= 0.6 is 0 Å². The maximum absolute atomic E-state index is 12.8. The summed E-state index contributed by atoms with van der Waals surface area (Å²) < 4.78 is 48.5. The van der Waals surface area contributed by atoms with Crippen molar-refractivity contribution in [3.8, 4) is 11.8 Å². The monoisotopic (exact) mass is 335 g/mol. The zero-order chi connectivity index (χ0) is 17.6. The average Bonchev–Trinajstić information content (AvgIpc) is 2.57. The zero-order valence-electron chi connectivity index (χ0n) is 12.3. The van der Waals surface area contributed by atoms with E-state index in [-0.39, 0.29) is 16.9 Å². The molecule has 0 radical (unpaired) electrons. The van der Waals surface area contributed by atoms with Crippen molar-refractivity contribution in [2.45, 2.75) is 12.8 Å². The molecule has 0 heterocycles. The molecule has 2 aromatic carbocycles. The van der Waals surface area contributed by atoms with Gasteiger partial charge in [0.2, 0.25) is 0 Å². The Hall–Kier alpha value is -3.01. The molecule has 0 saturated carbocycles. The van der Waals surface area contributed by atoms with Crippen molar-refractivity contribution in [3.63, 3.8) is 0 Å². The van der Waals surface area contributed by atoms with E-state index >= 15 is 0 Å². The number of esters is 1. The molecule has 0 saturated heterocycles. The summed E-state index contributed by atoms with van der Waals surface area (Å²) in [6.07, 6.45) is -4.52. The second-order valence-electron chi connectivity index (χ2n) is 4.71. The van der Waals surface area contributed by atoms with E-state index in [2.05, 4.69) is 0 Å². The van der Waals surface area contributed by atoms with Gasteiger partial charge in [0, 0.05) is 5.56 Å². The number of ether oxygens (including phenoxy) is 2. The van der Waals surface area contributed by atoms with Crippen LogP contribution in [-0.2, 0) is 22.3 Å². The SMILES string of the molecule is N#Cc1ccccc1OCC(=O)OCc1ccccc1C(F)(F)F. The summed E-state index contributed by atoms with van der Waals surface area (Å²) in [7, 11) is 0. The fraction of sp³-hybridized carbons (Fsp3) is 0.176. The van der Waals surface area contributed by atoms with Crippen LogP contribution in [0.5, 0.6) is 5.75 Å². The summed E-state index contributed by atoms with van der Waals surface area (Å²) in [5.41, 5.74) is -0.753. The number of nitrogens with zero attached hydrogens (tertiary/aromatic N) is 1. The molecule has 2 aromatic rings. The molecule has 7 heteroatoms. The molecule has 0 bridgehead atoms. The molecule has 0 spiro atoms. The van der Waals surface area contributed by atoms with Crippen molar-refractivity contribution in [2.24, 2.45) is 0 Å². The van der Waals surface area contributed by atoms with Gasteiger partial charge in [-0.1, -0.05) is 30.3 Å². The molecule has 0 unspecified atom stereocenters. The summed E-state index contributed by atoms with van der Waals surface area (Å²) in [4.78, 5) is 11.6. The third-order valence-corrected chi connectivity index (χ3v) is 3.06. The first-order valence-corrected chi connectivity index (χ1v) is 6.84. The summed E-state index contributed by atoms with van der Waals surface area (Å²) in [6, 6.07) is 13.0. The van der Waals surface area contributed by atoms with Crippen molar-refractivity contribution in [2.75, 3.05) is 6.61 Å². The minimum atomic E-state index is -4.52. The Morgan fingerprint density at radius 1 is 1.08 bits per heavy atom. The minimum Gasteiger partial charge on any atom is -0.481 e. The first-order valence-electron chi connectivity index (χ1n) is 6.84. The van der Waals surface area contributed by atoms with E-state index < -0.39 is 30.9 Å². The highest BCUT2D eigenvalue weighted by molar-refractivity contribution is 5.71. The van der Waals surface area contributed by atoms with Gasteiger partial charge in [0.15, 0.2) is 6.61 Å². The topological polar surface area (TPSA) is 59.3 Å². The van der Waals surface area contributed by atoms with E-state index in [1.165, 1.54) is 30.3 Å². The van der Waals surface area contributed by atoms with Gasteiger partial charge in [-0.05, 0) is 18.2 Å². The number of hydrogen-bond acceptors (Lipinski definition) is 4. The lowest BCUT2D eigenvalue weighted by atomic mass is 10.1. The Kier molecular flexibility index (Phi) is 5.42. The normalized spacial score (nSPS) is 10.8. The molecule has 24 heavy (non-hydrogen) atoms. The third kappa shape index (κ3) is 4.49. The number of benzene rings is 2. The lowest BCUT2D eigenvalue weighted by Gasteiger charge is -2.13. The predicted molar refractivity (Wildman–Crippen MR) is 77.9 cm³/mol. The molecule has 0 aliphatic heterocycles. The van der Waals surface area contributed by atoms with Crippen LogP contribution in [0.25, 0.3) is 0 Å². The molecule has 0 atom stereocenters. The number of alkyl halides is 3. The van der Waals surface area contributed by atoms with Gasteiger partial charge >= 0.3 is 12.1 Å². The number of hydrogen-bond donors (Lipinski definition) is 0. The van der Waals surface area contributed by atoms with E-state index in [9.17, 15) is 18.0 Å². The third-order valence-electron chi connectivity index (χ3n) is 3.06. The molecule has 2 rings (SSSR count). The van der Waals surface area contributed by atoms with Crippen LogP contribution in [0.3, 0.4) is 0 Å². The number of carbonyl (C=O) groups is 1. The van der Waals surface area contributed by atoms with Crippen molar-refractivity contribution in [1.82, 2.24) is 0 Å². The minimum absolute atomic E-state index is 0.143. The first-order chi connectivity index (χ1) is 11.4. The number of rotatable bonds is 5. The largest absolute Gasteiger partial charge is 0.481 e. The van der Waals surface area contributed by atoms with Gasteiger partial charge in [-0.25, -0.2) is 4.79 Å². The van der Waals surface area contributed by atoms with E-state index in [4.69, 9.17) is 14.7 Å². The maximum Gasteiger partial charge on any atom is 0.416 e. The second kappa shape index (κ2) is 7.51. The Morgan fingerprint density at radius 2 is 1.75 bits per heavy atom. The van der Waals surface area contributed by atoms with E-state index in [0.717, 1.165) is 6.07 Å². The maximum atomic E-state index is 12.8. The van der Waals surface area contributed by atoms with Crippen molar-refractivity contribution in [1.29, 1.82) is 5.26 Å². The fourth-order valence-corrected chi connectivity index (χ4v) is 1.94. The van der Waals surface area contributed by atoms with Gasteiger partial charge in [-0.3, -0.25) is 0 Å². The summed E-state index contributed by atoms with van der Waals surface area (Å²) in [5.74, 6) is -0.632. The molecule has 0 amide bonds. The number of para-hydroxylation sites is 1. The summed E-state index contributed by atoms with van der Waals surface area (Å²) in [5, 5.41) is 8.89. The fourth-order valence-electron chi connectivity index (χ4n) is 1.94. The molecular formula is C17H12F3NO3. The highest BCUT2D eigenvalue weighted by Crippen LogP contribution is 2.32. The molecule has 0 fully saturated rings. The van der Waals surface area contributed by atoms with E-state index in [1.54, 1.807) is 12.1 Å². The number of halogens is 3. The zero-order valence-corrected chi connectivity index (χ0v) is 12.3. The van der Waals surface area contributed by atoms with Crippen LogP contribution in [0.4, 0.5) is 13.2 Å². The van der Waals surface area contributed by atoms with Crippen molar-refractivity contribution in [3.05, 3.63) is 65.2 Å². The summed E-state index contributed by atoms with van der Waals surface area (Å²) >= 11 is 0. The van der Waals surface area contributed by atoms with Gasteiger partial charge in [0.05, 0.1) is 11.1 Å². The van der Waals surface area contributed by atoms with Crippen molar-refractivity contribution < 1.29 is 27.4 Å². The highest BCUT2D eigenvalue weighted by Gasteiger charge is 2.33. The van der Waals surface area contributed by atoms with Crippen molar-refractivity contribution >= 4 is 5.97 Å². The first kappa shape index (κ1) is 17.3. The van der Waals surface area contributed by atoms with E-state index in [0.29, 0.717) is 0 Å². The van der Waals surface area contributed by atoms with Gasteiger partial charge in [0.25, 0.3) is 0 Å². The Bertz CT molecular complexity index is 766. The molecular weight excluding hydrogens is 323 g/mol. The predicted octanol–water partition coefficient (Wildman–Crippen LogP) is 3.70. The van der Waals surface area contributed by atoms with Crippen LogP contribution in [0.1, 0.15) is 16.7 Å². The quantitative estimate of drug-likeness (QED) is 0.782. The smallest absolute Gasteiger partial charge is 0.416 e. The molecule has 0 aliphatic carbocycles. The Labute approximate surface area is 136 Å². The van der Waals surface area contributed by atoms with Crippen LogP contribution in [0, 0.1) is 11.3 Å². The van der Waals surface area contributed by atoms with Gasteiger partial charge < -0.3 is 9.47 Å². The van der Waals surface area contributed by atoms with Gasteiger partial charge in [-0.2, -0.15) is 18.4 Å². The molecule has 124 valence electrons. The van der Waals surface area contributed by atoms with Crippen LogP contribution in [0.2, 0.25) is 0 Å².